The van der Waals surface area contributed by atoms with E-state index in [4.69, 9.17) is 15.4 Å². The van der Waals surface area contributed by atoms with Gasteiger partial charge in [0.1, 0.15) is 6.04 Å². The van der Waals surface area contributed by atoms with Gasteiger partial charge < -0.3 is 15.4 Å². The maximum absolute atomic E-state index is 8.92. The second-order valence-corrected chi connectivity index (χ2v) is 5.06. The second kappa shape index (κ2) is 3.82. The third-order valence-electron chi connectivity index (χ3n) is 4.04. The summed E-state index contributed by atoms with van der Waals surface area (Å²) in [6, 6.07) is -0.542. The molecule has 5 heteroatoms. The molecule has 4 atom stereocenters. The molecule has 0 amide bonds. The summed E-state index contributed by atoms with van der Waals surface area (Å²) in [5, 5.41) is 12.9. The average molecular weight is 223 g/mol. The van der Waals surface area contributed by atoms with E-state index in [1.54, 1.807) is 0 Å². The molecule has 2 bridgehead atoms. The molecular weight excluding hydrogens is 206 g/mol. The van der Waals surface area contributed by atoms with Crippen LogP contribution in [0.25, 0.3) is 0 Å². The van der Waals surface area contributed by atoms with Crippen LogP contribution in [0.15, 0.2) is 4.52 Å². The van der Waals surface area contributed by atoms with Crippen molar-refractivity contribution in [2.24, 2.45) is 17.6 Å². The molecule has 5 nitrogen and oxygen atoms in total. The van der Waals surface area contributed by atoms with Crippen molar-refractivity contribution in [2.75, 3.05) is 6.61 Å². The van der Waals surface area contributed by atoms with E-state index in [0.717, 1.165) is 17.7 Å². The van der Waals surface area contributed by atoms with Crippen molar-refractivity contribution in [3.05, 3.63) is 11.7 Å². The van der Waals surface area contributed by atoms with Crippen LogP contribution in [0.2, 0.25) is 0 Å². The molecule has 3 unspecified atom stereocenters. The molecule has 0 saturated heterocycles. The summed E-state index contributed by atoms with van der Waals surface area (Å²) in [6.07, 6.45) is 5.17. The predicted octanol–water partition coefficient (Wildman–Crippen LogP) is 0.965. The van der Waals surface area contributed by atoms with Crippen molar-refractivity contribution in [2.45, 2.75) is 37.6 Å². The number of aliphatic hydroxyl groups is 1. The number of rotatable bonds is 3. The topological polar surface area (TPSA) is 85.2 Å². The fraction of sp³-hybridized carbons (Fsp3) is 0.818. The summed E-state index contributed by atoms with van der Waals surface area (Å²) in [4.78, 5) is 4.32. The van der Waals surface area contributed by atoms with Crippen molar-refractivity contribution in [1.29, 1.82) is 0 Å². The Bertz CT molecular complexity index is 379. The summed E-state index contributed by atoms with van der Waals surface area (Å²) in [6.45, 7) is -0.154. The lowest BCUT2D eigenvalue weighted by Crippen LogP contribution is -2.15. The predicted molar refractivity (Wildman–Crippen MR) is 56.5 cm³/mol. The summed E-state index contributed by atoms with van der Waals surface area (Å²) in [5.41, 5.74) is 5.64. The molecule has 1 aromatic rings. The van der Waals surface area contributed by atoms with Crippen LogP contribution >= 0.6 is 0 Å². The van der Waals surface area contributed by atoms with Gasteiger partial charge in [0.25, 0.3) is 0 Å². The summed E-state index contributed by atoms with van der Waals surface area (Å²) >= 11 is 0. The zero-order valence-corrected chi connectivity index (χ0v) is 9.17. The molecule has 88 valence electrons. The normalized spacial score (nSPS) is 34.5. The van der Waals surface area contributed by atoms with Crippen LogP contribution in [0, 0.1) is 11.8 Å². The summed E-state index contributed by atoms with van der Waals surface area (Å²) in [7, 11) is 0. The van der Waals surface area contributed by atoms with Gasteiger partial charge in [0.15, 0.2) is 5.82 Å². The third kappa shape index (κ3) is 1.55. The minimum Gasteiger partial charge on any atom is -0.394 e. The minimum absolute atomic E-state index is 0.154. The third-order valence-corrected chi connectivity index (χ3v) is 4.04. The van der Waals surface area contributed by atoms with Gasteiger partial charge in [-0.2, -0.15) is 4.98 Å². The van der Waals surface area contributed by atoms with E-state index < -0.39 is 6.04 Å². The van der Waals surface area contributed by atoms with Gasteiger partial charge in [-0.3, -0.25) is 0 Å². The highest BCUT2D eigenvalue weighted by molar-refractivity contribution is 5.07. The van der Waals surface area contributed by atoms with Gasteiger partial charge in [0.2, 0.25) is 5.89 Å². The molecule has 1 heterocycles. The van der Waals surface area contributed by atoms with E-state index in [0.29, 0.717) is 11.8 Å². The SMILES string of the molecule is N[C@H](CO)c1nc(C2CC3CCC2C3)no1. The minimum atomic E-state index is -0.542. The number of fused-ring (bicyclic) bond motifs is 2. The van der Waals surface area contributed by atoms with Crippen molar-refractivity contribution in [3.8, 4) is 0 Å². The highest BCUT2D eigenvalue weighted by Gasteiger charge is 2.42. The Morgan fingerprint density at radius 1 is 1.44 bits per heavy atom. The molecule has 2 fully saturated rings. The lowest BCUT2D eigenvalue weighted by atomic mass is 9.88. The Hall–Kier alpha value is -0.940. The van der Waals surface area contributed by atoms with E-state index in [2.05, 4.69) is 10.1 Å². The van der Waals surface area contributed by atoms with Crippen molar-refractivity contribution in [1.82, 2.24) is 10.1 Å². The Kier molecular flexibility index (Phi) is 2.44. The average Bonchev–Trinajstić information content (AvgIpc) is 3.02. The lowest BCUT2D eigenvalue weighted by Gasteiger charge is -2.17. The molecule has 0 aromatic carbocycles. The number of hydrogen-bond acceptors (Lipinski definition) is 5. The fourth-order valence-electron chi connectivity index (χ4n) is 3.19. The summed E-state index contributed by atoms with van der Waals surface area (Å²) < 4.78 is 5.09. The molecule has 2 aliphatic rings. The zero-order chi connectivity index (χ0) is 11.1. The van der Waals surface area contributed by atoms with Crippen LogP contribution in [-0.2, 0) is 0 Å². The van der Waals surface area contributed by atoms with E-state index in [1.807, 2.05) is 0 Å². The van der Waals surface area contributed by atoms with E-state index in [1.165, 1.54) is 25.7 Å². The van der Waals surface area contributed by atoms with Gasteiger partial charge in [0, 0.05) is 5.92 Å². The fourth-order valence-corrected chi connectivity index (χ4v) is 3.19. The number of nitrogens with two attached hydrogens (primary N) is 1. The zero-order valence-electron chi connectivity index (χ0n) is 9.17. The van der Waals surface area contributed by atoms with Gasteiger partial charge in [-0.1, -0.05) is 11.6 Å². The van der Waals surface area contributed by atoms with Crippen LogP contribution in [0.1, 0.15) is 49.4 Å². The number of hydrogen-bond donors (Lipinski definition) is 2. The van der Waals surface area contributed by atoms with Crippen molar-refractivity contribution < 1.29 is 9.63 Å². The Balaban J connectivity index is 1.77. The Morgan fingerprint density at radius 2 is 2.31 bits per heavy atom. The lowest BCUT2D eigenvalue weighted by molar-refractivity contribution is 0.236. The first kappa shape index (κ1) is 10.2. The van der Waals surface area contributed by atoms with E-state index in [-0.39, 0.29) is 6.61 Å². The van der Waals surface area contributed by atoms with Gasteiger partial charge in [-0.05, 0) is 31.1 Å². The van der Waals surface area contributed by atoms with Crippen LogP contribution in [-0.4, -0.2) is 21.9 Å². The van der Waals surface area contributed by atoms with Crippen molar-refractivity contribution in [3.63, 3.8) is 0 Å². The monoisotopic (exact) mass is 223 g/mol. The highest BCUT2D eigenvalue weighted by Crippen LogP contribution is 2.52. The molecule has 0 spiro atoms. The maximum Gasteiger partial charge on any atom is 0.245 e. The quantitative estimate of drug-likeness (QED) is 0.797. The first-order valence-electron chi connectivity index (χ1n) is 5.98. The van der Waals surface area contributed by atoms with Gasteiger partial charge >= 0.3 is 0 Å². The van der Waals surface area contributed by atoms with Crippen LogP contribution in [0.4, 0.5) is 0 Å². The number of aliphatic hydroxyl groups excluding tert-OH is 1. The summed E-state index contributed by atoms with van der Waals surface area (Å²) in [5.74, 6) is 3.22. The molecule has 0 aliphatic heterocycles. The first-order valence-corrected chi connectivity index (χ1v) is 5.98. The van der Waals surface area contributed by atoms with Crippen molar-refractivity contribution >= 4 is 0 Å². The largest absolute Gasteiger partial charge is 0.394 e. The molecule has 3 N–H and O–H groups in total. The van der Waals surface area contributed by atoms with Gasteiger partial charge in [0.05, 0.1) is 6.61 Å². The standard InChI is InChI=1S/C11H17N3O2/c12-9(5-15)11-13-10(14-16-11)8-4-6-1-2-7(8)3-6/h6-9,15H,1-5,12H2/t6?,7?,8?,9-/m1/s1. The van der Waals surface area contributed by atoms with Crippen LogP contribution in [0.3, 0.4) is 0 Å². The smallest absolute Gasteiger partial charge is 0.245 e. The van der Waals surface area contributed by atoms with Gasteiger partial charge in [-0.25, -0.2) is 0 Å². The Labute approximate surface area is 94.0 Å². The maximum atomic E-state index is 8.92. The molecule has 3 rings (SSSR count). The van der Waals surface area contributed by atoms with E-state index >= 15 is 0 Å². The number of aromatic nitrogens is 2. The molecular formula is C11H17N3O2. The van der Waals surface area contributed by atoms with Crippen LogP contribution in [0.5, 0.6) is 0 Å². The van der Waals surface area contributed by atoms with Crippen LogP contribution < -0.4 is 5.73 Å². The molecule has 1 aromatic heterocycles. The molecule has 16 heavy (non-hydrogen) atoms. The highest BCUT2D eigenvalue weighted by atomic mass is 16.5. The molecule has 0 radical (unpaired) electrons. The number of nitrogens with zero attached hydrogens (tertiary/aromatic N) is 2. The molecule has 2 aliphatic carbocycles. The second-order valence-electron chi connectivity index (χ2n) is 5.06. The first-order chi connectivity index (χ1) is 7.78. The van der Waals surface area contributed by atoms with Gasteiger partial charge in [-0.15, -0.1) is 0 Å². The van der Waals surface area contributed by atoms with E-state index in [9.17, 15) is 0 Å². The molecule has 2 saturated carbocycles. The Morgan fingerprint density at radius 3 is 2.94 bits per heavy atom.